The lowest BCUT2D eigenvalue weighted by atomic mass is 10.0. The van der Waals surface area contributed by atoms with Gasteiger partial charge in [-0.05, 0) is 42.3 Å². The molecular formula is C21H19FN2O4. The van der Waals surface area contributed by atoms with Gasteiger partial charge in [0.05, 0.1) is 5.92 Å². The fourth-order valence-electron chi connectivity index (χ4n) is 3.97. The standard InChI is InChI=1S/C21H19FN2O4/c1-12-8-14(6-7-17(12)22)23-10-13(9-19(23)25)20(26)24-11-16(21(27)28)15-4-2-3-5-18(15)24/h2-8,13,16H,9-11H2,1H3,(H,27,28). The molecule has 1 fully saturated rings. The van der Waals surface area contributed by atoms with E-state index in [1.807, 2.05) is 0 Å². The van der Waals surface area contributed by atoms with Gasteiger partial charge in [-0.2, -0.15) is 0 Å². The number of amides is 2. The van der Waals surface area contributed by atoms with Crippen molar-refractivity contribution in [1.82, 2.24) is 0 Å². The van der Waals surface area contributed by atoms with Crippen LogP contribution in [-0.2, 0) is 14.4 Å². The van der Waals surface area contributed by atoms with E-state index in [9.17, 15) is 23.9 Å². The van der Waals surface area contributed by atoms with E-state index in [4.69, 9.17) is 0 Å². The first-order valence-corrected chi connectivity index (χ1v) is 9.06. The maximum Gasteiger partial charge on any atom is 0.312 e. The Kier molecular flexibility index (Phi) is 4.37. The van der Waals surface area contributed by atoms with Gasteiger partial charge in [0.1, 0.15) is 11.7 Å². The molecule has 0 spiro atoms. The Bertz CT molecular complexity index is 990. The minimum absolute atomic E-state index is 0.0473. The summed E-state index contributed by atoms with van der Waals surface area (Å²) in [6, 6.07) is 11.4. The van der Waals surface area contributed by atoms with Crippen LogP contribution < -0.4 is 9.80 Å². The number of benzene rings is 2. The molecule has 6 nitrogen and oxygen atoms in total. The zero-order chi connectivity index (χ0) is 20.0. The topological polar surface area (TPSA) is 77.9 Å². The summed E-state index contributed by atoms with van der Waals surface area (Å²) in [5.41, 5.74) is 2.18. The van der Waals surface area contributed by atoms with E-state index in [1.54, 1.807) is 37.3 Å². The lowest BCUT2D eigenvalue weighted by Gasteiger charge is -2.22. The average molecular weight is 382 g/mol. The first-order chi connectivity index (χ1) is 13.4. The maximum absolute atomic E-state index is 13.5. The number of hydrogen-bond acceptors (Lipinski definition) is 3. The zero-order valence-corrected chi connectivity index (χ0v) is 15.3. The van der Waals surface area contributed by atoms with Gasteiger partial charge in [0.25, 0.3) is 0 Å². The quantitative estimate of drug-likeness (QED) is 0.885. The Balaban J connectivity index is 1.57. The molecule has 7 heteroatoms. The lowest BCUT2D eigenvalue weighted by molar-refractivity contribution is -0.138. The second kappa shape index (κ2) is 6.74. The number of halogens is 1. The van der Waals surface area contributed by atoms with Crippen LogP contribution >= 0.6 is 0 Å². The molecule has 1 saturated heterocycles. The lowest BCUT2D eigenvalue weighted by Crippen LogP contribution is -2.37. The molecule has 2 atom stereocenters. The van der Waals surface area contributed by atoms with Crippen LogP contribution in [0.2, 0.25) is 0 Å². The highest BCUT2D eigenvalue weighted by molar-refractivity contribution is 6.06. The van der Waals surface area contributed by atoms with Gasteiger partial charge in [-0.15, -0.1) is 0 Å². The Morgan fingerprint density at radius 2 is 1.89 bits per heavy atom. The van der Waals surface area contributed by atoms with Gasteiger partial charge in [-0.25, -0.2) is 4.39 Å². The number of carbonyl (C=O) groups is 3. The summed E-state index contributed by atoms with van der Waals surface area (Å²) in [7, 11) is 0. The summed E-state index contributed by atoms with van der Waals surface area (Å²) < 4.78 is 13.5. The number of fused-ring (bicyclic) bond motifs is 1. The molecule has 2 unspecified atom stereocenters. The van der Waals surface area contributed by atoms with Crippen molar-refractivity contribution >= 4 is 29.2 Å². The van der Waals surface area contributed by atoms with Crippen LogP contribution in [0.3, 0.4) is 0 Å². The predicted octanol–water partition coefficient (Wildman–Crippen LogP) is 2.70. The molecule has 0 bridgehead atoms. The van der Waals surface area contributed by atoms with Crippen molar-refractivity contribution in [3.05, 3.63) is 59.4 Å². The van der Waals surface area contributed by atoms with E-state index in [0.29, 0.717) is 22.5 Å². The number of carbonyl (C=O) groups excluding carboxylic acids is 2. The monoisotopic (exact) mass is 382 g/mol. The predicted molar refractivity (Wildman–Crippen MR) is 101 cm³/mol. The van der Waals surface area contributed by atoms with Crippen LogP contribution in [0.4, 0.5) is 15.8 Å². The normalized spacial score (nSPS) is 21.1. The number of aliphatic carboxylic acids is 1. The molecule has 2 aliphatic heterocycles. The molecule has 0 aromatic heterocycles. The first-order valence-electron chi connectivity index (χ1n) is 9.06. The van der Waals surface area contributed by atoms with Gasteiger partial charge >= 0.3 is 5.97 Å². The molecule has 2 aromatic carbocycles. The average Bonchev–Trinajstić information content (AvgIpc) is 3.25. The SMILES string of the molecule is Cc1cc(N2CC(C(=O)N3CC(C(=O)O)c4ccccc43)CC2=O)ccc1F. The Morgan fingerprint density at radius 3 is 2.61 bits per heavy atom. The van der Waals surface area contributed by atoms with Gasteiger partial charge in [0.15, 0.2) is 0 Å². The maximum atomic E-state index is 13.5. The fraction of sp³-hybridized carbons (Fsp3) is 0.286. The number of carboxylic acids is 1. The van der Waals surface area contributed by atoms with Crippen molar-refractivity contribution in [3.63, 3.8) is 0 Å². The third-order valence-corrected chi connectivity index (χ3v) is 5.46. The Morgan fingerprint density at radius 1 is 1.14 bits per heavy atom. The third-order valence-electron chi connectivity index (χ3n) is 5.46. The smallest absolute Gasteiger partial charge is 0.312 e. The molecule has 0 aliphatic carbocycles. The Labute approximate surface area is 161 Å². The molecule has 144 valence electrons. The molecule has 2 aromatic rings. The van der Waals surface area contributed by atoms with Gasteiger partial charge in [0.2, 0.25) is 11.8 Å². The molecule has 1 N–H and O–H groups in total. The van der Waals surface area contributed by atoms with Crippen LogP contribution in [0, 0.1) is 18.7 Å². The van der Waals surface area contributed by atoms with Gasteiger partial charge < -0.3 is 14.9 Å². The highest BCUT2D eigenvalue weighted by Gasteiger charge is 2.42. The zero-order valence-electron chi connectivity index (χ0n) is 15.3. The van der Waals surface area contributed by atoms with Gasteiger partial charge in [-0.1, -0.05) is 18.2 Å². The van der Waals surface area contributed by atoms with Crippen molar-refractivity contribution in [2.24, 2.45) is 5.92 Å². The molecule has 2 heterocycles. The number of aryl methyl sites for hydroxylation is 1. The molecular weight excluding hydrogens is 363 g/mol. The minimum atomic E-state index is -0.978. The number of hydrogen-bond donors (Lipinski definition) is 1. The summed E-state index contributed by atoms with van der Waals surface area (Å²) in [6.45, 7) is 1.88. The van der Waals surface area contributed by atoms with Crippen LogP contribution in [0.1, 0.15) is 23.5 Å². The second-order valence-corrected chi connectivity index (χ2v) is 7.24. The van der Waals surface area contributed by atoms with E-state index in [2.05, 4.69) is 0 Å². The number of anilines is 2. The molecule has 2 aliphatic rings. The van der Waals surface area contributed by atoms with Crippen molar-refractivity contribution < 1.29 is 23.9 Å². The summed E-state index contributed by atoms with van der Waals surface area (Å²) in [4.78, 5) is 40.1. The van der Waals surface area contributed by atoms with Crippen molar-refractivity contribution in [1.29, 1.82) is 0 Å². The number of rotatable bonds is 3. The van der Waals surface area contributed by atoms with Crippen LogP contribution in [0.25, 0.3) is 0 Å². The molecule has 0 radical (unpaired) electrons. The fourth-order valence-corrected chi connectivity index (χ4v) is 3.97. The highest BCUT2D eigenvalue weighted by atomic mass is 19.1. The van der Waals surface area contributed by atoms with Crippen molar-refractivity contribution in [3.8, 4) is 0 Å². The molecule has 4 rings (SSSR count). The van der Waals surface area contributed by atoms with Crippen molar-refractivity contribution in [2.75, 3.05) is 22.9 Å². The first kappa shape index (κ1) is 18.2. The van der Waals surface area contributed by atoms with E-state index in [-0.39, 0.29) is 37.1 Å². The summed E-state index contributed by atoms with van der Waals surface area (Å²) in [5, 5.41) is 9.48. The second-order valence-electron chi connectivity index (χ2n) is 7.24. The van der Waals surface area contributed by atoms with Gasteiger partial charge in [-0.3, -0.25) is 14.4 Å². The van der Waals surface area contributed by atoms with Crippen LogP contribution in [-0.4, -0.2) is 36.0 Å². The molecule has 0 saturated carbocycles. The highest BCUT2D eigenvalue weighted by Crippen LogP contribution is 2.38. The molecule has 2 amide bonds. The molecule has 28 heavy (non-hydrogen) atoms. The van der Waals surface area contributed by atoms with Crippen LogP contribution in [0.15, 0.2) is 42.5 Å². The van der Waals surface area contributed by atoms with Crippen LogP contribution in [0.5, 0.6) is 0 Å². The number of nitrogens with zero attached hydrogens (tertiary/aromatic N) is 2. The summed E-state index contributed by atoms with van der Waals surface area (Å²) >= 11 is 0. The largest absolute Gasteiger partial charge is 0.481 e. The van der Waals surface area contributed by atoms with Crippen molar-refractivity contribution in [2.45, 2.75) is 19.3 Å². The summed E-state index contributed by atoms with van der Waals surface area (Å²) in [5.74, 6) is -3.13. The van der Waals surface area contributed by atoms with E-state index < -0.39 is 17.8 Å². The minimum Gasteiger partial charge on any atom is -0.481 e. The van der Waals surface area contributed by atoms with E-state index in [1.165, 1.54) is 21.9 Å². The number of para-hydroxylation sites is 1. The van der Waals surface area contributed by atoms with Gasteiger partial charge in [0, 0.05) is 30.9 Å². The van der Waals surface area contributed by atoms with E-state index >= 15 is 0 Å². The summed E-state index contributed by atoms with van der Waals surface area (Å²) in [6.07, 6.45) is 0.0473. The Hall–Kier alpha value is -3.22. The third kappa shape index (κ3) is 2.93. The number of carboxylic acid groups (broad SMARTS) is 1. The van der Waals surface area contributed by atoms with E-state index in [0.717, 1.165) is 0 Å².